The average Bonchev–Trinajstić information content (AvgIpc) is 3.12. The van der Waals surface area contributed by atoms with Gasteiger partial charge in [-0.2, -0.15) is 0 Å². The average molecular weight is 445 g/mol. The van der Waals surface area contributed by atoms with Crippen LogP contribution in [0.4, 0.5) is 10.5 Å². The van der Waals surface area contributed by atoms with E-state index >= 15 is 0 Å². The molecule has 0 aliphatic carbocycles. The molecule has 146 valence electrons. The second-order valence-corrected chi connectivity index (χ2v) is 7.98. The Labute approximate surface area is 179 Å². The molecule has 2 N–H and O–H groups in total. The third kappa shape index (κ3) is 3.98. The first-order chi connectivity index (χ1) is 13.9. The number of aryl methyl sites for hydroxylation is 1. The molecule has 2 amide bonds. The van der Waals surface area contributed by atoms with E-state index in [2.05, 4.69) is 15.7 Å². The quantitative estimate of drug-likeness (QED) is 0.436. The van der Waals surface area contributed by atoms with Gasteiger partial charge in [0, 0.05) is 16.6 Å². The topological polar surface area (TPSA) is 76.0 Å². The number of amides is 2. The summed E-state index contributed by atoms with van der Waals surface area (Å²) in [6.07, 6.45) is 1.29. The van der Waals surface area contributed by atoms with Crippen LogP contribution in [0.25, 0.3) is 21.3 Å². The highest BCUT2D eigenvalue weighted by molar-refractivity contribution is 7.17. The van der Waals surface area contributed by atoms with E-state index in [0.717, 1.165) is 21.4 Å². The summed E-state index contributed by atoms with van der Waals surface area (Å²) in [7, 11) is 0. The fourth-order valence-corrected chi connectivity index (χ4v) is 4.00. The first-order valence-electron chi connectivity index (χ1n) is 8.51. The number of urea groups is 1. The number of nitrogens with zero attached hydrogens (tertiary/aromatic N) is 2. The highest BCUT2D eigenvalue weighted by Crippen LogP contribution is 2.30. The maximum atomic E-state index is 13.0. The van der Waals surface area contributed by atoms with E-state index in [1.807, 2.05) is 36.6 Å². The molecule has 0 unspecified atom stereocenters. The van der Waals surface area contributed by atoms with Gasteiger partial charge in [0.2, 0.25) is 0 Å². The van der Waals surface area contributed by atoms with E-state index in [4.69, 9.17) is 23.2 Å². The molecule has 4 rings (SSSR count). The lowest BCUT2D eigenvalue weighted by atomic mass is 10.1. The van der Waals surface area contributed by atoms with Gasteiger partial charge in [0.25, 0.3) is 5.56 Å². The van der Waals surface area contributed by atoms with E-state index in [0.29, 0.717) is 25.9 Å². The van der Waals surface area contributed by atoms with Gasteiger partial charge < -0.3 is 5.32 Å². The number of nitrogens with one attached hydrogen (secondary N) is 2. The Bertz CT molecular complexity index is 1280. The van der Waals surface area contributed by atoms with Crippen molar-refractivity contribution < 1.29 is 4.79 Å². The number of fused-ring (bicyclic) bond motifs is 1. The van der Waals surface area contributed by atoms with Crippen LogP contribution in [-0.4, -0.2) is 15.7 Å². The Morgan fingerprint density at radius 3 is 2.59 bits per heavy atom. The second kappa shape index (κ2) is 7.87. The number of benzene rings is 2. The highest BCUT2D eigenvalue weighted by atomic mass is 35.5. The van der Waals surface area contributed by atoms with Crippen molar-refractivity contribution in [3.05, 3.63) is 80.1 Å². The molecule has 29 heavy (non-hydrogen) atoms. The molecule has 0 bridgehead atoms. The highest BCUT2D eigenvalue weighted by Gasteiger charge is 2.14. The molecule has 2 heterocycles. The SMILES string of the molecule is Cc1ccc(-c2csc3ncn(NC(=O)Nc4ccc(Cl)c(Cl)c4)c(=O)c23)cc1. The molecule has 0 atom stereocenters. The van der Waals surface area contributed by atoms with Crippen molar-refractivity contribution in [2.24, 2.45) is 0 Å². The smallest absolute Gasteiger partial charge is 0.307 e. The Morgan fingerprint density at radius 1 is 1.10 bits per heavy atom. The Morgan fingerprint density at radius 2 is 1.86 bits per heavy atom. The molecule has 6 nitrogen and oxygen atoms in total. The van der Waals surface area contributed by atoms with Gasteiger partial charge in [-0.3, -0.25) is 4.79 Å². The molecule has 0 saturated carbocycles. The molecule has 0 spiro atoms. The predicted octanol–water partition coefficient (Wildman–Crippen LogP) is 5.52. The number of hydrogen-bond acceptors (Lipinski definition) is 4. The van der Waals surface area contributed by atoms with Crippen LogP contribution in [0.2, 0.25) is 10.0 Å². The third-order valence-electron chi connectivity index (χ3n) is 4.26. The van der Waals surface area contributed by atoms with Gasteiger partial charge in [-0.25, -0.2) is 19.9 Å². The van der Waals surface area contributed by atoms with Crippen LogP contribution in [0.15, 0.2) is 59.0 Å². The number of thiophene rings is 1. The van der Waals surface area contributed by atoms with Crippen LogP contribution in [-0.2, 0) is 0 Å². The molecule has 2 aromatic heterocycles. The standard InChI is InChI=1S/C20H14Cl2N4O2S/c1-11-2-4-12(5-3-11)14-9-29-18-17(14)19(27)26(10-23-18)25-20(28)24-13-6-7-15(21)16(22)8-13/h2-10H,1H3,(H2,24,25,28). The van der Waals surface area contributed by atoms with Gasteiger partial charge in [0.15, 0.2) is 0 Å². The summed E-state index contributed by atoms with van der Waals surface area (Å²) in [5, 5.41) is 5.64. The van der Waals surface area contributed by atoms with Crippen LogP contribution < -0.4 is 16.3 Å². The minimum Gasteiger partial charge on any atom is -0.307 e. The fourth-order valence-electron chi connectivity index (χ4n) is 2.80. The van der Waals surface area contributed by atoms with E-state index < -0.39 is 6.03 Å². The zero-order chi connectivity index (χ0) is 20.5. The largest absolute Gasteiger partial charge is 0.338 e. The molecule has 0 fully saturated rings. The molecular weight excluding hydrogens is 431 g/mol. The van der Waals surface area contributed by atoms with Gasteiger partial charge in [-0.1, -0.05) is 53.0 Å². The monoisotopic (exact) mass is 444 g/mol. The van der Waals surface area contributed by atoms with Crippen LogP contribution in [0, 0.1) is 6.92 Å². The first kappa shape index (κ1) is 19.4. The zero-order valence-electron chi connectivity index (χ0n) is 15.1. The van der Waals surface area contributed by atoms with E-state index in [-0.39, 0.29) is 5.56 Å². The van der Waals surface area contributed by atoms with Gasteiger partial charge in [-0.05, 0) is 30.7 Å². The summed E-state index contributed by atoms with van der Waals surface area (Å²) in [6.45, 7) is 2.00. The molecule has 0 radical (unpaired) electrons. The van der Waals surface area contributed by atoms with Crippen molar-refractivity contribution in [2.75, 3.05) is 10.7 Å². The lowest BCUT2D eigenvalue weighted by Crippen LogP contribution is -2.35. The fraction of sp³-hybridized carbons (Fsp3) is 0.0500. The van der Waals surface area contributed by atoms with Crippen LogP contribution >= 0.6 is 34.5 Å². The number of halogens is 2. The summed E-state index contributed by atoms with van der Waals surface area (Å²) in [6, 6.07) is 12.0. The maximum Gasteiger partial charge on any atom is 0.338 e. The van der Waals surface area contributed by atoms with Crippen molar-refractivity contribution in [2.45, 2.75) is 6.92 Å². The maximum absolute atomic E-state index is 13.0. The Hall–Kier alpha value is -2.87. The normalized spacial score (nSPS) is 10.9. The summed E-state index contributed by atoms with van der Waals surface area (Å²) < 4.78 is 1.06. The van der Waals surface area contributed by atoms with Crippen LogP contribution in [0.3, 0.4) is 0 Å². The predicted molar refractivity (Wildman–Crippen MR) is 119 cm³/mol. The molecule has 4 aromatic rings. The lowest BCUT2D eigenvalue weighted by molar-refractivity contribution is 0.259. The van der Waals surface area contributed by atoms with Crippen LogP contribution in [0.1, 0.15) is 5.56 Å². The zero-order valence-corrected chi connectivity index (χ0v) is 17.4. The minimum atomic E-state index is -0.612. The molecule has 0 aliphatic heterocycles. The van der Waals surface area contributed by atoms with Gasteiger partial charge >= 0.3 is 6.03 Å². The van der Waals surface area contributed by atoms with Gasteiger partial charge in [-0.15, -0.1) is 11.3 Å². The number of anilines is 1. The summed E-state index contributed by atoms with van der Waals surface area (Å²) >= 11 is 13.2. The van der Waals surface area contributed by atoms with Gasteiger partial charge in [0.05, 0.1) is 15.4 Å². The lowest BCUT2D eigenvalue weighted by Gasteiger charge is -2.10. The van der Waals surface area contributed by atoms with Crippen molar-refractivity contribution in [1.29, 1.82) is 0 Å². The minimum absolute atomic E-state index is 0.311. The van der Waals surface area contributed by atoms with E-state index in [1.54, 1.807) is 12.1 Å². The van der Waals surface area contributed by atoms with Crippen molar-refractivity contribution >= 4 is 56.5 Å². The molecule has 2 aromatic carbocycles. The number of aromatic nitrogens is 2. The van der Waals surface area contributed by atoms with Gasteiger partial charge in [0.1, 0.15) is 11.2 Å². The summed E-state index contributed by atoms with van der Waals surface area (Å²) in [5.74, 6) is 0. The summed E-state index contributed by atoms with van der Waals surface area (Å²) in [4.78, 5) is 30.2. The molecule has 0 saturated heterocycles. The van der Waals surface area contributed by atoms with E-state index in [9.17, 15) is 9.59 Å². The Kier molecular flexibility index (Phi) is 5.27. The van der Waals surface area contributed by atoms with Crippen molar-refractivity contribution in [1.82, 2.24) is 9.66 Å². The second-order valence-electron chi connectivity index (χ2n) is 6.31. The number of hydrogen-bond donors (Lipinski definition) is 2. The molecular formula is C20H14Cl2N4O2S. The van der Waals surface area contributed by atoms with Crippen LogP contribution in [0.5, 0.6) is 0 Å². The number of carbonyl (C=O) groups excluding carboxylic acids is 1. The first-order valence-corrected chi connectivity index (χ1v) is 10.1. The number of rotatable bonds is 3. The molecule has 9 heteroatoms. The van der Waals surface area contributed by atoms with Crippen molar-refractivity contribution in [3.8, 4) is 11.1 Å². The molecule has 0 aliphatic rings. The number of carbonyl (C=O) groups is 1. The van der Waals surface area contributed by atoms with Crippen molar-refractivity contribution in [3.63, 3.8) is 0 Å². The summed E-state index contributed by atoms with van der Waals surface area (Å²) in [5.41, 5.74) is 5.38. The van der Waals surface area contributed by atoms with E-state index in [1.165, 1.54) is 23.7 Å². The Balaban J connectivity index is 1.64. The third-order valence-corrected chi connectivity index (χ3v) is 5.88.